The maximum atomic E-state index is 11.7. The number of amides is 1. The van der Waals surface area contributed by atoms with Crippen molar-refractivity contribution in [2.24, 2.45) is 0 Å². The van der Waals surface area contributed by atoms with Crippen molar-refractivity contribution < 1.29 is 14.3 Å². The number of nitrogens with one attached hydrogen (secondary N) is 1. The molecule has 1 aromatic heterocycles. The summed E-state index contributed by atoms with van der Waals surface area (Å²) in [6, 6.07) is 3.38. The summed E-state index contributed by atoms with van der Waals surface area (Å²) in [5.74, 6) is -0.379. The van der Waals surface area contributed by atoms with Gasteiger partial charge in [0.05, 0.1) is 6.61 Å². The fourth-order valence-electron chi connectivity index (χ4n) is 1.46. The zero-order chi connectivity index (χ0) is 13.4. The number of rotatable bonds is 6. The van der Waals surface area contributed by atoms with Gasteiger partial charge < -0.3 is 10.1 Å². The van der Waals surface area contributed by atoms with Crippen molar-refractivity contribution >= 4 is 11.9 Å². The smallest absolute Gasteiger partial charge is 0.305 e. The van der Waals surface area contributed by atoms with Gasteiger partial charge in [-0.15, -0.1) is 0 Å². The van der Waals surface area contributed by atoms with Gasteiger partial charge in [0, 0.05) is 30.4 Å². The predicted octanol–water partition coefficient (Wildman–Crippen LogP) is 1.46. The minimum atomic E-state index is -0.230. The first-order valence-electron chi connectivity index (χ1n) is 6.00. The topological polar surface area (TPSA) is 68.3 Å². The van der Waals surface area contributed by atoms with Crippen LogP contribution < -0.4 is 5.32 Å². The molecule has 0 aliphatic heterocycles. The average Bonchev–Trinajstić information content (AvgIpc) is 2.35. The second-order valence-corrected chi connectivity index (χ2v) is 3.85. The first-order valence-corrected chi connectivity index (χ1v) is 6.00. The number of nitrogens with zero attached hydrogens (tertiary/aromatic N) is 1. The van der Waals surface area contributed by atoms with Crippen LogP contribution in [0.4, 0.5) is 0 Å². The summed E-state index contributed by atoms with van der Waals surface area (Å²) in [6.07, 6.45) is 2.50. The first-order chi connectivity index (χ1) is 8.63. The van der Waals surface area contributed by atoms with Gasteiger partial charge >= 0.3 is 5.97 Å². The number of ether oxygens (including phenoxy) is 1. The Hall–Kier alpha value is -1.91. The molecule has 18 heavy (non-hydrogen) atoms. The Morgan fingerprint density at radius 2 is 2.22 bits per heavy atom. The number of carbonyl (C=O) groups is 2. The third-order valence-electron chi connectivity index (χ3n) is 2.31. The third-order valence-corrected chi connectivity index (χ3v) is 2.31. The van der Waals surface area contributed by atoms with Gasteiger partial charge in [0.2, 0.25) is 0 Å². The highest BCUT2D eigenvalue weighted by Crippen LogP contribution is 2.00. The lowest BCUT2D eigenvalue weighted by molar-refractivity contribution is -0.143. The zero-order valence-electron chi connectivity index (χ0n) is 10.7. The van der Waals surface area contributed by atoms with Gasteiger partial charge in [-0.2, -0.15) is 0 Å². The van der Waals surface area contributed by atoms with Crippen LogP contribution >= 0.6 is 0 Å². The van der Waals surface area contributed by atoms with E-state index in [4.69, 9.17) is 4.74 Å². The van der Waals surface area contributed by atoms with E-state index in [1.165, 1.54) is 0 Å². The van der Waals surface area contributed by atoms with Gasteiger partial charge in [-0.05, 0) is 32.4 Å². The molecule has 0 saturated heterocycles. The largest absolute Gasteiger partial charge is 0.466 e. The molecule has 0 radical (unpaired) electrons. The van der Waals surface area contributed by atoms with Crippen molar-refractivity contribution in [3.05, 3.63) is 29.6 Å². The van der Waals surface area contributed by atoms with Crippen LogP contribution in [0.3, 0.4) is 0 Å². The second kappa shape index (κ2) is 7.42. The Morgan fingerprint density at radius 3 is 2.89 bits per heavy atom. The van der Waals surface area contributed by atoms with Crippen LogP contribution in [-0.4, -0.2) is 30.0 Å². The minimum absolute atomic E-state index is 0.149. The van der Waals surface area contributed by atoms with Crippen LogP contribution in [0.15, 0.2) is 18.3 Å². The molecular weight excluding hydrogens is 232 g/mol. The van der Waals surface area contributed by atoms with E-state index in [2.05, 4.69) is 10.3 Å². The van der Waals surface area contributed by atoms with Gasteiger partial charge in [0.15, 0.2) is 0 Å². The van der Waals surface area contributed by atoms with E-state index in [-0.39, 0.29) is 11.9 Å². The molecule has 1 heterocycles. The summed E-state index contributed by atoms with van der Waals surface area (Å²) in [4.78, 5) is 26.8. The van der Waals surface area contributed by atoms with E-state index in [0.29, 0.717) is 31.6 Å². The van der Waals surface area contributed by atoms with E-state index in [1.54, 1.807) is 25.3 Å². The number of pyridine rings is 1. The fourth-order valence-corrected chi connectivity index (χ4v) is 1.46. The molecular formula is C13H18N2O3. The maximum absolute atomic E-state index is 11.7. The molecule has 0 fully saturated rings. The molecule has 0 saturated carbocycles. The highest BCUT2D eigenvalue weighted by molar-refractivity contribution is 5.94. The van der Waals surface area contributed by atoms with Gasteiger partial charge in [-0.25, -0.2) is 0 Å². The molecule has 1 aromatic rings. The van der Waals surface area contributed by atoms with E-state index >= 15 is 0 Å². The number of aromatic nitrogens is 1. The van der Waals surface area contributed by atoms with Crippen molar-refractivity contribution in [2.75, 3.05) is 13.2 Å². The average molecular weight is 250 g/mol. The molecule has 0 aliphatic carbocycles. The summed E-state index contributed by atoms with van der Waals surface area (Å²) in [6.45, 7) is 4.45. The summed E-state index contributed by atoms with van der Waals surface area (Å²) < 4.78 is 4.79. The molecule has 1 N–H and O–H groups in total. The van der Waals surface area contributed by atoms with Gasteiger partial charge in [-0.3, -0.25) is 14.6 Å². The summed E-state index contributed by atoms with van der Waals surface area (Å²) in [5.41, 5.74) is 1.38. The van der Waals surface area contributed by atoms with Crippen molar-refractivity contribution in [1.82, 2.24) is 10.3 Å². The van der Waals surface area contributed by atoms with Gasteiger partial charge in [-0.1, -0.05) is 0 Å². The lowest BCUT2D eigenvalue weighted by atomic mass is 10.2. The molecule has 0 atom stereocenters. The Balaban J connectivity index is 2.27. The van der Waals surface area contributed by atoms with Crippen LogP contribution in [0.5, 0.6) is 0 Å². The molecule has 0 spiro atoms. The number of esters is 1. The number of aryl methyl sites for hydroxylation is 1. The maximum Gasteiger partial charge on any atom is 0.305 e. The van der Waals surface area contributed by atoms with E-state index in [9.17, 15) is 9.59 Å². The summed E-state index contributed by atoms with van der Waals surface area (Å²) in [7, 11) is 0. The van der Waals surface area contributed by atoms with Crippen LogP contribution in [0.2, 0.25) is 0 Å². The van der Waals surface area contributed by atoms with E-state index in [1.807, 2.05) is 6.92 Å². The van der Waals surface area contributed by atoms with Gasteiger partial charge in [0.1, 0.15) is 0 Å². The Bertz CT molecular complexity index is 418. The normalized spacial score (nSPS) is 9.89. The minimum Gasteiger partial charge on any atom is -0.466 e. The predicted molar refractivity (Wildman–Crippen MR) is 67.2 cm³/mol. The van der Waals surface area contributed by atoms with Crippen molar-refractivity contribution in [1.29, 1.82) is 0 Å². The highest BCUT2D eigenvalue weighted by atomic mass is 16.5. The van der Waals surface area contributed by atoms with Gasteiger partial charge in [0.25, 0.3) is 5.91 Å². The molecule has 5 nitrogen and oxygen atoms in total. The van der Waals surface area contributed by atoms with Crippen LogP contribution in [0, 0.1) is 6.92 Å². The number of hydrogen-bond acceptors (Lipinski definition) is 4. The molecule has 5 heteroatoms. The number of carbonyl (C=O) groups excluding carboxylic acids is 2. The molecule has 1 rings (SSSR count). The zero-order valence-corrected chi connectivity index (χ0v) is 10.7. The third kappa shape index (κ3) is 4.95. The van der Waals surface area contributed by atoms with Crippen LogP contribution in [0.25, 0.3) is 0 Å². The molecule has 0 bridgehead atoms. The Kier molecular flexibility index (Phi) is 5.84. The monoisotopic (exact) mass is 250 g/mol. The van der Waals surface area contributed by atoms with E-state index < -0.39 is 0 Å². The lowest BCUT2D eigenvalue weighted by Gasteiger charge is -2.05. The Morgan fingerprint density at radius 1 is 1.44 bits per heavy atom. The second-order valence-electron chi connectivity index (χ2n) is 3.85. The standard InChI is InChI=1S/C13H18N2O3/c1-3-18-12(16)5-4-7-15-13(17)11-6-8-14-10(2)9-11/h6,8-9H,3-5,7H2,1-2H3,(H,15,17). The van der Waals surface area contributed by atoms with Crippen molar-refractivity contribution in [3.63, 3.8) is 0 Å². The molecule has 0 aliphatic rings. The number of hydrogen-bond donors (Lipinski definition) is 1. The first kappa shape index (κ1) is 14.2. The van der Waals surface area contributed by atoms with Crippen LogP contribution in [-0.2, 0) is 9.53 Å². The molecule has 1 amide bonds. The molecule has 0 unspecified atom stereocenters. The van der Waals surface area contributed by atoms with Crippen molar-refractivity contribution in [3.8, 4) is 0 Å². The SMILES string of the molecule is CCOC(=O)CCCNC(=O)c1ccnc(C)c1. The van der Waals surface area contributed by atoms with E-state index in [0.717, 1.165) is 5.69 Å². The van der Waals surface area contributed by atoms with Crippen LogP contribution in [0.1, 0.15) is 35.8 Å². The fraction of sp³-hybridized carbons (Fsp3) is 0.462. The summed E-state index contributed by atoms with van der Waals surface area (Å²) in [5, 5.41) is 2.75. The summed E-state index contributed by atoms with van der Waals surface area (Å²) >= 11 is 0. The molecule has 0 aromatic carbocycles. The highest BCUT2D eigenvalue weighted by Gasteiger charge is 2.06. The molecule has 98 valence electrons. The van der Waals surface area contributed by atoms with Crippen molar-refractivity contribution in [2.45, 2.75) is 26.7 Å². The lowest BCUT2D eigenvalue weighted by Crippen LogP contribution is -2.25. The quantitative estimate of drug-likeness (QED) is 0.613. The Labute approximate surface area is 107 Å².